The van der Waals surface area contributed by atoms with Gasteiger partial charge in [0.05, 0.1) is 18.3 Å². The second-order valence-corrected chi connectivity index (χ2v) is 13.2. The molecule has 0 aliphatic carbocycles. The van der Waals surface area contributed by atoms with Crippen LogP contribution in [0.1, 0.15) is 46.2 Å². The maximum atomic E-state index is 13.7. The maximum Gasteiger partial charge on any atom is 0.325 e. The van der Waals surface area contributed by atoms with Crippen molar-refractivity contribution >= 4 is 50.0 Å². The van der Waals surface area contributed by atoms with Gasteiger partial charge in [-0.1, -0.05) is 5.92 Å². The summed E-state index contributed by atoms with van der Waals surface area (Å²) in [4.78, 5) is 48.4. The molecule has 2 atom stereocenters. The van der Waals surface area contributed by atoms with E-state index in [9.17, 15) is 22.8 Å². The molecule has 1 aromatic carbocycles. The third kappa shape index (κ3) is 6.19. The summed E-state index contributed by atoms with van der Waals surface area (Å²) in [6.45, 7) is 4.17. The summed E-state index contributed by atoms with van der Waals surface area (Å²) < 4.78 is 33.6. The largest absolute Gasteiger partial charge is 0.465 e. The molecule has 14 heteroatoms. The number of piperazine rings is 1. The summed E-state index contributed by atoms with van der Waals surface area (Å²) in [5.74, 6) is 1.09. The van der Waals surface area contributed by atoms with Crippen LogP contribution in [0.2, 0.25) is 0 Å². The average molecular weight is 613 g/mol. The molecule has 0 spiro atoms. The zero-order chi connectivity index (χ0) is 30.0. The first-order valence-corrected chi connectivity index (χ1v) is 15.9. The lowest BCUT2D eigenvalue weighted by Gasteiger charge is -2.40. The number of fused-ring (bicyclic) bond motifs is 2. The highest BCUT2D eigenvalue weighted by molar-refractivity contribution is 7.89. The van der Waals surface area contributed by atoms with Crippen molar-refractivity contribution in [2.75, 3.05) is 32.8 Å². The monoisotopic (exact) mass is 612 g/mol. The van der Waals surface area contributed by atoms with Crippen molar-refractivity contribution in [1.82, 2.24) is 29.8 Å². The molecule has 2 aromatic heterocycles. The zero-order valence-electron chi connectivity index (χ0n) is 23.3. The molecule has 5 rings (SSSR count). The standard InChI is InChI=1S/C28H32N6O6S2/c1-4-18-6-7-21-19(11-18)12-25(31-21)42(38,39)33-8-9-34(20(16-33)13-24(35)30-15-26(36)40-5-2)28(37)27-32-22-10-17(3)29-14-23(22)41-27/h1,6-7,11-12,17,20,29,31H,5,8-10,13-16H2,2-3H3,(H,30,35). The molecule has 1 saturated heterocycles. The number of hydrogen-bond donors (Lipinski definition) is 3. The van der Waals surface area contributed by atoms with Crippen LogP contribution in [-0.4, -0.2) is 90.2 Å². The van der Waals surface area contributed by atoms with Crippen molar-refractivity contribution in [3.05, 3.63) is 45.4 Å². The molecule has 0 bridgehead atoms. The van der Waals surface area contributed by atoms with Crippen molar-refractivity contribution in [3.8, 4) is 12.3 Å². The second kappa shape index (κ2) is 12.2. The van der Waals surface area contributed by atoms with Crippen LogP contribution in [-0.2, 0) is 37.3 Å². The molecule has 3 N–H and O–H groups in total. The fraction of sp³-hybridized carbons (Fsp3) is 0.429. The lowest BCUT2D eigenvalue weighted by molar-refractivity contribution is -0.143. The van der Waals surface area contributed by atoms with Crippen LogP contribution in [0.25, 0.3) is 10.9 Å². The number of sulfonamides is 1. The molecule has 0 saturated carbocycles. The summed E-state index contributed by atoms with van der Waals surface area (Å²) in [7, 11) is -4.01. The number of aromatic nitrogens is 2. The Kier molecular flexibility index (Phi) is 8.65. The van der Waals surface area contributed by atoms with E-state index >= 15 is 0 Å². The highest BCUT2D eigenvalue weighted by atomic mass is 32.2. The minimum Gasteiger partial charge on any atom is -0.465 e. The molecule has 2 amide bonds. The Hall–Kier alpha value is -3.77. The Morgan fingerprint density at radius 3 is 2.83 bits per heavy atom. The fourth-order valence-electron chi connectivity index (χ4n) is 5.15. The van der Waals surface area contributed by atoms with Gasteiger partial charge in [-0.05, 0) is 38.1 Å². The Morgan fingerprint density at radius 2 is 2.07 bits per heavy atom. The molecule has 0 radical (unpaired) electrons. The third-order valence-electron chi connectivity index (χ3n) is 7.31. The fourth-order valence-corrected chi connectivity index (χ4v) is 7.63. The van der Waals surface area contributed by atoms with E-state index < -0.39 is 27.9 Å². The predicted octanol–water partition coefficient (Wildman–Crippen LogP) is 1.22. The lowest BCUT2D eigenvalue weighted by Crippen LogP contribution is -2.57. The first-order chi connectivity index (χ1) is 20.1. The Balaban J connectivity index is 1.38. The van der Waals surface area contributed by atoms with Gasteiger partial charge in [-0.15, -0.1) is 17.8 Å². The number of H-pyrrole nitrogens is 1. The van der Waals surface area contributed by atoms with E-state index in [0.29, 0.717) is 34.4 Å². The first-order valence-electron chi connectivity index (χ1n) is 13.6. The molecule has 222 valence electrons. The SMILES string of the molecule is C#Cc1ccc2[nH]c(S(=O)(=O)N3CCN(C(=O)c4nc5c(s4)CNC(C)C5)C(CC(=O)NCC(=O)OCC)C3)cc2c1. The number of ether oxygens (including phenoxy) is 1. The van der Waals surface area contributed by atoms with Crippen molar-refractivity contribution < 1.29 is 27.5 Å². The van der Waals surface area contributed by atoms with Gasteiger partial charge in [-0.25, -0.2) is 13.4 Å². The highest BCUT2D eigenvalue weighted by Crippen LogP contribution is 2.28. The minimum absolute atomic E-state index is 0.00817. The smallest absolute Gasteiger partial charge is 0.325 e. The van der Waals surface area contributed by atoms with Gasteiger partial charge >= 0.3 is 5.97 Å². The number of nitrogens with zero attached hydrogens (tertiary/aromatic N) is 3. The first kappa shape index (κ1) is 29.7. The number of carbonyl (C=O) groups excluding carboxylic acids is 3. The number of aromatic amines is 1. The second-order valence-electron chi connectivity index (χ2n) is 10.3. The number of nitrogens with one attached hydrogen (secondary N) is 3. The number of benzene rings is 1. The maximum absolute atomic E-state index is 13.7. The number of hydrogen-bond acceptors (Lipinski definition) is 9. The van der Waals surface area contributed by atoms with Gasteiger partial charge < -0.3 is 25.3 Å². The van der Waals surface area contributed by atoms with Crippen molar-refractivity contribution in [3.63, 3.8) is 0 Å². The van der Waals surface area contributed by atoms with E-state index in [-0.39, 0.29) is 56.2 Å². The van der Waals surface area contributed by atoms with Crippen LogP contribution < -0.4 is 10.6 Å². The molecule has 1 fully saturated rings. The summed E-state index contributed by atoms with van der Waals surface area (Å²) >= 11 is 1.31. The average Bonchev–Trinajstić information content (AvgIpc) is 3.60. The number of terminal acetylenes is 1. The van der Waals surface area contributed by atoms with E-state index in [1.807, 2.05) is 0 Å². The van der Waals surface area contributed by atoms with Crippen LogP contribution in [0.4, 0.5) is 0 Å². The molecule has 2 aliphatic rings. The predicted molar refractivity (Wildman–Crippen MR) is 156 cm³/mol. The normalized spacial score (nSPS) is 19.2. The molecular formula is C28H32N6O6S2. The molecule has 2 unspecified atom stereocenters. The van der Waals surface area contributed by atoms with Crippen LogP contribution in [0.3, 0.4) is 0 Å². The van der Waals surface area contributed by atoms with Gasteiger partial charge in [0.2, 0.25) is 5.91 Å². The topological polar surface area (TPSA) is 154 Å². The van der Waals surface area contributed by atoms with Gasteiger partial charge in [-0.3, -0.25) is 14.4 Å². The van der Waals surface area contributed by atoms with Crippen molar-refractivity contribution in [2.24, 2.45) is 0 Å². The van der Waals surface area contributed by atoms with Crippen LogP contribution in [0.5, 0.6) is 0 Å². The summed E-state index contributed by atoms with van der Waals surface area (Å²) in [5.41, 5.74) is 2.12. The molecule has 42 heavy (non-hydrogen) atoms. The number of amides is 2. The Labute approximate surface area is 247 Å². The van der Waals surface area contributed by atoms with Crippen LogP contribution >= 0.6 is 11.3 Å². The summed E-state index contributed by atoms with van der Waals surface area (Å²) in [6.07, 6.45) is 5.99. The number of esters is 1. The van der Waals surface area contributed by atoms with Gasteiger partial charge in [0.25, 0.3) is 15.9 Å². The van der Waals surface area contributed by atoms with Crippen molar-refractivity contribution in [2.45, 2.75) is 50.3 Å². The molecule has 3 aromatic rings. The van der Waals surface area contributed by atoms with Gasteiger partial charge in [-0.2, -0.15) is 4.31 Å². The highest BCUT2D eigenvalue weighted by Gasteiger charge is 2.39. The Bertz CT molecular complexity index is 1670. The number of rotatable bonds is 8. The van der Waals surface area contributed by atoms with E-state index in [2.05, 4.69) is 33.4 Å². The van der Waals surface area contributed by atoms with Gasteiger partial charge in [0.15, 0.2) is 5.01 Å². The van der Waals surface area contributed by atoms with Gasteiger partial charge in [0, 0.05) is 66.4 Å². The quantitative estimate of drug-likeness (QED) is 0.254. The number of carbonyl (C=O) groups is 3. The molecular weight excluding hydrogens is 580 g/mol. The van der Waals surface area contributed by atoms with E-state index in [1.165, 1.54) is 26.6 Å². The lowest BCUT2D eigenvalue weighted by atomic mass is 10.1. The summed E-state index contributed by atoms with van der Waals surface area (Å²) in [6, 6.07) is 6.15. The minimum atomic E-state index is -4.01. The van der Waals surface area contributed by atoms with E-state index in [1.54, 1.807) is 25.1 Å². The third-order valence-corrected chi connectivity index (χ3v) is 10.2. The molecule has 2 aliphatic heterocycles. The zero-order valence-corrected chi connectivity index (χ0v) is 24.9. The Morgan fingerprint density at radius 1 is 1.26 bits per heavy atom. The van der Waals surface area contributed by atoms with Gasteiger partial charge in [0.1, 0.15) is 11.6 Å². The van der Waals surface area contributed by atoms with Crippen LogP contribution in [0.15, 0.2) is 29.3 Å². The molecule has 4 heterocycles. The van der Waals surface area contributed by atoms with Crippen LogP contribution in [0, 0.1) is 12.3 Å². The van der Waals surface area contributed by atoms with E-state index in [4.69, 9.17) is 11.2 Å². The number of thiazole rings is 1. The van der Waals surface area contributed by atoms with E-state index in [0.717, 1.165) is 10.6 Å². The summed E-state index contributed by atoms with van der Waals surface area (Å²) in [5, 5.41) is 6.83. The molecule has 12 nitrogen and oxygen atoms in total. The van der Waals surface area contributed by atoms with Crippen molar-refractivity contribution in [1.29, 1.82) is 0 Å².